The molecule has 124 valence electrons. The maximum Gasteiger partial charge on any atom is 0.308 e. The molecule has 0 aromatic heterocycles. The molecule has 23 heavy (non-hydrogen) atoms. The van der Waals surface area contributed by atoms with Crippen LogP contribution < -0.4 is 4.74 Å². The molecule has 0 N–H and O–H groups in total. The zero-order chi connectivity index (χ0) is 16.8. The molecule has 1 aromatic carbocycles. The van der Waals surface area contributed by atoms with Crippen LogP contribution in [0.3, 0.4) is 0 Å². The Hall–Kier alpha value is -1.82. The first-order chi connectivity index (χ1) is 11.0. The number of methoxy groups -OCH3 is 2. The van der Waals surface area contributed by atoms with Crippen LogP contribution in [0, 0.1) is 5.92 Å². The SMILES string of the molecule is COC(=O)C1CCN(C(=O)/C=C/c2cc(Br)ccc2OC)CC1. The molecule has 1 saturated heterocycles. The zero-order valence-corrected chi connectivity index (χ0v) is 14.8. The minimum Gasteiger partial charge on any atom is -0.496 e. The van der Waals surface area contributed by atoms with Gasteiger partial charge < -0.3 is 14.4 Å². The molecule has 5 nitrogen and oxygen atoms in total. The topological polar surface area (TPSA) is 55.8 Å². The Morgan fingerprint density at radius 2 is 1.96 bits per heavy atom. The molecule has 1 aromatic rings. The fourth-order valence-corrected chi connectivity index (χ4v) is 2.98. The lowest BCUT2D eigenvalue weighted by molar-refractivity contribution is -0.148. The summed E-state index contributed by atoms with van der Waals surface area (Å²) in [7, 11) is 2.99. The first-order valence-electron chi connectivity index (χ1n) is 7.43. The zero-order valence-electron chi connectivity index (χ0n) is 13.3. The molecule has 0 bridgehead atoms. The van der Waals surface area contributed by atoms with E-state index in [9.17, 15) is 9.59 Å². The average molecular weight is 382 g/mol. The van der Waals surface area contributed by atoms with Crippen molar-refractivity contribution in [3.05, 3.63) is 34.3 Å². The van der Waals surface area contributed by atoms with E-state index in [1.54, 1.807) is 24.2 Å². The lowest BCUT2D eigenvalue weighted by Crippen LogP contribution is -2.39. The van der Waals surface area contributed by atoms with E-state index in [-0.39, 0.29) is 17.8 Å². The third kappa shape index (κ3) is 4.58. The van der Waals surface area contributed by atoms with Crippen molar-refractivity contribution < 1.29 is 19.1 Å². The summed E-state index contributed by atoms with van der Waals surface area (Å²) in [5.41, 5.74) is 0.833. The molecule has 0 spiro atoms. The summed E-state index contributed by atoms with van der Waals surface area (Å²) in [6.07, 6.45) is 4.58. The number of benzene rings is 1. The van der Waals surface area contributed by atoms with Crippen LogP contribution in [0.4, 0.5) is 0 Å². The van der Waals surface area contributed by atoms with E-state index in [1.807, 2.05) is 18.2 Å². The summed E-state index contributed by atoms with van der Waals surface area (Å²) in [4.78, 5) is 25.5. The second kappa shape index (κ2) is 8.15. The molecule has 0 atom stereocenters. The molecule has 1 aliphatic heterocycles. The van der Waals surface area contributed by atoms with Crippen molar-refractivity contribution in [2.24, 2.45) is 5.92 Å². The highest BCUT2D eigenvalue weighted by Crippen LogP contribution is 2.24. The number of hydrogen-bond acceptors (Lipinski definition) is 4. The molecule has 1 aliphatic rings. The molecule has 0 unspecified atom stereocenters. The Labute approximate surface area is 144 Å². The van der Waals surface area contributed by atoms with Crippen LogP contribution in [0.2, 0.25) is 0 Å². The van der Waals surface area contributed by atoms with Gasteiger partial charge in [-0.2, -0.15) is 0 Å². The number of likely N-dealkylation sites (tertiary alicyclic amines) is 1. The number of piperidine rings is 1. The number of rotatable bonds is 4. The van der Waals surface area contributed by atoms with Crippen molar-refractivity contribution >= 4 is 33.9 Å². The minimum atomic E-state index is -0.188. The quantitative estimate of drug-likeness (QED) is 0.594. The summed E-state index contributed by atoms with van der Waals surface area (Å²) in [5.74, 6) is 0.363. The van der Waals surface area contributed by atoms with Crippen LogP contribution in [0.15, 0.2) is 28.7 Å². The predicted molar refractivity (Wildman–Crippen MR) is 91.0 cm³/mol. The highest BCUT2D eigenvalue weighted by Gasteiger charge is 2.26. The lowest BCUT2D eigenvalue weighted by atomic mass is 9.97. The van der Waals surface area contributed by atoms with Gasteiger partial charge >= 0.3 is 5.97 Å². The van der Waals surface area contributed by atoms with E-state index in [4.69, 9.17) is 9.47 Å². The number of esters is 1. The van der Waals surface area contributed by atoms with Gasteiger partial charge in [0.25, 0.3) is 0 Å². The van der Waals surface area contributed by atoms with Crippen LogP contribution in [0.25, 0.3) is 6.08 Å². The molecule has 0 saturated carbocycles. The van der Waals surface area contributed by atoms with Gasteiger partial charge in [-0.3, -0.25) is 9.59 Å². The normalized spacial score (nSPS) is 15.7. The maximum absolute atomic E-state index is 12.3. The Morgan fingerprint density at radius 3 is 2.57 bits per heavy atom. The van der Waals surface area contributed by atoms with Gasteiger partial charge in [0.2, 0.25) is 5.91 Å². The fraction of sp³-hybridized carbons (Fsp3) is 0.412. The van der Waals surface area contributed by atoms with Gasteiger partial charge in [-0.1, -0.05) is 15.9 Å². The van der Waals surface area contributed by atoms with E-state index < -0.39 is 0 Å². The van der Waals surface area contributed by atoms with E-state index in [0.717, 1.165) is 10.0 Å². The number of carbonyl (C=O) groups excluding carboxylic acids is 2. The number of ether oxygens (including phenoxy) is 2. The van der Waals surface area contributed by atoms with Crippen LogP contribution in [-0.2, 0) is 14.3 Å². The second-order valence-electron chi connectivity index (χ2n) is 5.34. The Bertz CT molecular complexity index is 607. The van der Waals surface area contributed by atoms with E-state index in [0.29, 0.717) is 31.7 Å². The largest absolute Gasteiger partial charge is 0.496 e. The summed E-state index contributed by atoms with van der Waals surface area (Å²) in [6, 6.07) is 5.62. The predicted octanol–water partition coefficient (Wildman–Crippen LogP) is 2.88. The third-order valence-electron chi connectivity index (χ3n) is 3.94. The van der Waals surface area contributed by atoms with Gasteiger partial charge in [0, 0.05) is 29.2 Å². The molecule has 6 heteroatoms. The fourth-order valence-electron chi connectivity index (χ4n) is 2.60. The van der Waals surface area contributed by atoms with Crippen molar-refractivity contribution in [3.8, 4) is 5.75 Å². The molecule has 2 rings (SSSR count). The van der Waals surface area contributed by atoms with Gasteiger partial charge in [-0.05, 0) is 37.1 Å². The van der Waals surface area contributed by atoms with Crippen molar-refractivity contribution in [1.82, 2.24) is 4.90 Å². The summed E-state index contributed by atoms with van der Waals surface area (Å²) >= 11 is 3.41. The van der Waals surface area contributed by atoms with Crippen molar-refractivity contribution in [2.75, 3.05) is 27.3 Å². The minimum absolute atomic E-state index is 0.0599. The van der Waals surface area contributed by atoms with Gasteiger partial charge in [-0.15, -0.1) is 0 Å². The molecular formula is C17H20BrNO4. The van der Waals surface area contributed by atoms with Crippen molar-refractivity contribution in [1.29, 1.82) is 0 Å². The van der Waals surface area contributed by atoms with Crippen LogP contribution in [-0.4, -0.2) is 44.1 Å². The number of nitrogens with zero attached hydrogens (tertiary/aromatic N) is 1. The van der Waals surface area contributed by atoms with E-state index in [1.165, 1.54) is 7.11 Å². The first kappa shape index (κ1) is 17.5. The summed E-state index contributed by atoms with van der Waals surface area (Å²) < 4.78 is 11.0. The molecule has 1 fully saturated rings. The van der Waals surface area contributed by atoms with Crippen molar-refractivity contribution in [2.45, 2.75) is 12.8 Å². The van der Waals surface area contributed by atoms with Crippen LogP contribution >= 0.6 is 15.9 Å². The molecule has 1 heterocycles. The van der Waals surface area contributed by atoms with Crippen molar-refractivity contribution in [3.63, 3.8) is 0 Å². The standard InChI is InChI=1S/C17H20BrNO4/c1-22-15-5-4-14(18)11-13(15)3-6-16(20)19-9-7-12(8-10-19)17(21)23-2/h3-6,11-12H,7-10H2,1-2H3/b6-3+. The number of amides is 1. The average Bonchev–Trinajstić information content (AvgIpc) is 2.59. The highest BCUT2D eigenvalue weighted by atomic mass is 79.9. The molecule has 0 radical (unpaired) electrons. The lowest BCUT2D eigenvalue weighted by Gasteiger charge is -2.29. The number of hydrogen-bond donors (Lipinski definition) is 0. The second-order valence-corrected chi connectivity index (χ2v) is 6.26. The number of carbonyl (C=O) groups is 2. The molecular weight excluding hydrogens is 362 g/mol. The Balaban J connectivity index is 1.98. The summed E-state index contributed by atoms with van der Waals surface area (Å²) in [6.45, 7) is 1.14. The van der Waals surface area contributed by atoms with Gasteiger partial charge in [0.15, 0.2) is 0 Å². The van der Waals surface area contributed by atoms with Gasteiger partial charge in [-0.25, -0.2) is 0 Å². The van der Waals surface area contributed by atoms with Gasteiger partial charge in [0.1, 0.15) is 5.75 Å². The van der Waals surface area contributed by atoms with Crippen LogP contribution in [0.5, 0.6) is 5.75 Å². The monoisotopic (exact) mass is 381 g/mol. The maximum atomic E-state index is 12.3. The third-order valence-corrected chi connectivity index (χ3v) is 4.43. The molecule has 0 aliphatic carbocycles. The van der Waals surface area contributed by atoms with Crippen LogP contribution in [0.1, 0.15) is 18.4 Å². The smallest absolute Gasteiger partial charge is 0.308 e. The Kier molecular flexibility index (Phi) is 6.21. The summed E-state index contributed by atoms with van der Waals surface area (Å²) in [5, 5.41) is 0. The first-order valence-corrected chi connectivity index (χ1v) is 8.22. The number of halogens is 1. The van der Waals surface area contributed by atoms with E-state index in [2.05, 4.69) is 15.9 Å². The highest BCUT2D eigenvalue weighted by molar-refractivity contribution is 9.10. The van der Waals surface area contributed by atoms with E-state index >= 15 is 0 Å². The Morgan fingerprint density at radius 1 is 1.26 bits per heavy atom. The van der Waals surface area contributed by atoms with Gasteiger partial charge in [0.05, 0.1) is 20.1 Å². The molecule has 1 amide bonds.